The van der Waals surface area contributed by atoms with E-state index in [2.05, 4.69) is 6.92 Å². The van der Waals surface area contributed by atoms with Crippen LogP contribution >= 0.6 is 0 Å². The first-order valence-corrected chi connectivity index (χ1v) is 8.24. The Bertz CT molecular complexity index is 638. The lowest BCUT2D eigenvalue weighted by atomic mass is 9.92. The third kappa shape index (κ3) is 3.15. The maximum Gasteiger partial charge on any atom is 0.346 e. The highest BCUT2D eigenvalue weighted by atomic mass is 16.7. The Morgan fingerprint density at radius 3 is 2.35 bits per heavy atom. The molecular weight excluding hydrogens is 288 g/mol. The van der Waals surface area contributed by atoms with Crippen molar-refractivity contribution in [2.24, 2.45) is 0 Å². The van der Waals surface area contributed by atoms with Crippen LogP contribution in [-0.2, 0) is 19.9 Å². The van der Waals surface area contributed by atoms with Gasteiger partial charge in [0, 0.05) is 0 Å². The van der Waals surface area contributed by atoms with Gasteiger partial charge < -0.3 is 9.47 Å². The van der Waals surface area contributed by atoms with Crippen molar-refractivity contribution in [3.63, 3.8) is 0 Å². The molecule has 1 heterocycles. The zero-order chi connectivity index (χ0) is 16.1. The molecule has 1 saturated heterocycles. The molecule has 1 fully saturated rings. The van der Waals surface area contributed by atoms with Gasteiger partial charge in [-0.05, 0) is 17.5 Å². The monoisotopic (exact) mass is 310 g/mol. The Labute approximate surface area is 137 Å². The van der Waals surface area contributed by atoms with Gasteiger partial charge in [-0.3, -0.25) is 0 Å². The maximum atomic E-state index is 12.7. The molecular formula is C20H22O3. The SMILES string of the molecule is CCCCCOC(=O)C1(c2ccccc2)OC1c1ccccc1. The van der Waals surface area contributed by atoms with Crippen molar-refractivity contribution in [1.82, 2.24) is 0 Å². The summed E-state index contributed by atoms with van der Waals surface area (Å²) in [6.07, 6.45) is 2.78. The van der Waals surface area contributed by atoms with Gasteiger partial charge in [0.1, 0.15) is 6.10 Å². The molecule has 0 aromatic heterocycles. The molecule has 1 aliphatic heterocycles. The molecule has 2 atom stereocenters. The number of benzene rings is 2. The van der Waals surface area contributed by atoms with E-state index in [1.807, 2.05) is 60.7 Å². The fourth-order valence-electron chi connectivity index (χ4n) is 2.88. The summed E-state index contributed by atoms with van der Waals surface area (Å²) in [6, 6.07) is 19.5. The van der Waals surface area contributed by atoms with E-state index in [0.717, 1.165) is 30.4 Å². The van der Waals surface area contributed by atoms with Gasteiger partial charge in [-0.1, -0.05) is 80.4 Å². The summed E-state index contributed by atoms with van der Waals surface area (Å²) >= 11 is 0. The average Bonchev–Trinajstić information content (AvgIpc) is 3.37. The van der Waals surface area contributed by atoms with E-state index in [1.54, 1.807) is 0 Å². The molecule has 2 aromatic carbocycles. The van der Waals surface area contributed by atoms with Gasteiger partial charge >= 0.3 is 5.97 Å². The summed E-state index contributed by atoms with van der Waals surface area (Å²) in [6.45, 7) is 2.58. The molecule has 0 spiro atoms. The van der Waals surface area contributed by atoms with E-state index in [9.17, 15) is 4.79 Å². The van der Waals surface area contributed by atoms with Crippen molar-refractivity contribution in [2.75, 3.05) is 6.61 Å². The van der Waals surface area contributed by atoms with Crippen LogP contribution in [-0.4, -0.2) is 12.6 Å². The molecule has 3 nitrogen and oxygen atoms in total. The number of rotatable bonds is 7. The molecule has 1 aliphatic rings. The van der Waals surface area contributed by atoms with E-state index >= 15 is 0 Å². The van der Waals surface area contributed by atoms with Crippen molar-refractivity contribution in [3.05, 3.63) is 71.8 Å². The highest BCUT2D eigenvalue weighted by Gasteiger charge is 2.65. The highest BCUT2D eigenvalue weighted by Crippen LogP contribution is 2.57. The number of hydrogen-bond donors (Lipinski definition) is 0. The minimum Gasteiger partial charge on any atom is -0.463 e. The number of unbranched alkanes of at least 4 members (excludes halogenated alkanes) is 2. The predicted octanol–water partition coefficient (Wildman–Crippen LogP) is 4.39. The number of carbonyl (C=O) groups is 1. The number of hydrogen-bond acceptors (Lipinski definition) is 3. The lowest BCUT2D eigenvalue weighted by Crippen LogP contribution is -2.26. The third-order valence-electron chi connectivity index (χ3n) is 4.21. The highest BCUT2D eigenvalue weighted by molar-refractivity contribution is 5.85. The molecule has 23 heavy (non-hydrogen) atoms. The van der Waals surface area contributed by atoms with Crippen LogP contribution in [0.15, 0.2) is 60.7 Å². The molecule has 3 heteroatoms. The van der Waals surface area contributed by atoms with Crippen LogP contribution in [0.2, 0.25) is 0 Å². The molecule has 2 unspecified atom stereocenters. The zero-order valence-corrected chi connectivity index (χ0v) is 13.4. The summed E-state index contributed by atoms with van der Waals surface area (Å²) in [5.74, 6) is -0.284. The summed E-state index contributed by atoms with van der Waals surface area (Å²) < 4.78 is 11.4. The lowest BCUT2D eigenvalue weighted by molar-refractivity contribution is -0.150. The minimum atomic E-state index is -0.991. The molecule has 0 radical (unpaired) electrons. The Hall–Kier alpha value is -2.13. The van der Waals surface area contributed by atoms with Crippen molar-refractivity contribution < 1.29 is 14.3 Å². The quantitative estimate of drug-likeness (QED) is 0.432. The number of ether oxygens (including phenoxy) is 2. The molecule has 0 aliphatic carbocycles. The average molecular weight is 310 g/mol. The van der Waals surface area contributed by atoms with Crippen molar-refractivity contribution in [2.45, 2.75) is 37.9 Å². The Morgan fingerprint density at radius 1 is 1.04 bits per heavy atom. The first-order valence-electron chi connectivity index (χ1n) is 8.24. The fraction of sp³-hybridized carbons (Fsp3) is 0.350. The zero-order valence-electron chi connectivity index (χ0n) is 13.4. The van der Waals surface area contributed by atoms with Crippen LogP contribution in [0.1, 0.15) is 43.4 Å². The van der Waals surface area contributed by atoms with E-state index < -0.39 is 5.60 Å². The van der Waals surface area contributed by atoms with E-state index in [-0.39, 0.29) is 12.1 Å². The molecule has 0 bridgehead atoms. The van der Waals surface area contributed by atoms with Gasteiger partial charge in [-0.25, -0.2) is 4.79 Å². The van der Waals surface area contributed by atoms with Crippen LogP contribution in [0, 0.1) is 0 Å². The second-order valence-electron chi connectivity index (χ2n) is 5.85. The molecule has 3 rings (SSSR count). The molecule has 0 N–H and O–H groups in total. The van der Waals surface area contributed by atoms with Crippen LogP contribution in [0.3, 0.4) is 0 Å². The van der Waals surface area contributed by atoms with Crippen LogP contribution in [0.5, 0.6) is 0 Å². The standard InChI is InChI=1S/C20H22O3/c1-2-3-10-15-22-19(21)20(17-13-8-5-9-14-17)18(23-20)16-11-6-4-7-12-16/h4-9,11-14,18H,2-3,10,15H2,1H3. The van der Waals surface area contributed by atoms with E-state index in [0.29, 0.717) is 6.61 Å². The van der Waals surface area contributed by atoms with Crippen LogP contribution in [0.4, 0.5) is 0 Å². The van der Waals surface area contributed by atoms with Crippen molar-refractivity contribution >= 4 is 5.97 Å². The van der Waals surface area contributed by atoms with E-state index in [1.165, 1.54) is 0 Å². The third-order valence-corrected chi connectivity index (χ3v) is 4.21. The van der Waals surface area contributed by atoms with Crippen molar-refractivity contribution in [3.8, 4) is 0 Å². The molecule has 2 aromatic rings. The summed E-state index contributed by atoms with van der Waals surface area (Å²) in [5.41, 5.74) is 0.866. The number of esters is 1. The first kappa shape index (κ1) is 15.8. The number of carbonyl (C=O) groups excluding carboxylic acids is 1. The second-order valence-corrected chi connectivity index (χ2v) is 5.85. The molecule has 0 amide bonds. The summed E-state index contributed by atoms with van der Waals surface area (Å²) in [7, 11) is 0. The van der Waals surface area contributed by atoms with Crippen LogP contribution < -0.4 is 0 Å². The van der Waals surface area contributed by atoms with Crippen LogP contribution in [0.25, 0.3) is 0 Å². The predicted molar refractivity (Wildman–Crippen MR) is 88.9 cm³/mol. The largest absolute Gasteiger partial charge is 0.463 e. The van der Waals surface area contributed by atoms with Crippen molar-refractivity contribution in [1.29, 1.82) is 0 Å². The van der Waals surface area contributed by atoms with Gasteiger partial charge in [0.25, 0.3) is 0 Å². The van der Waals surface area contributed by atoms with Gasteiger partial charge in [0.15, 0.2) is 0 Å². The molecule has 0 saturated carbocycles. The first-order chi connectivity index (χ1) is 11.3. The Morgan fingerprint density at radius 2 is 1.70 bits per heavy atom. The minimum absolute atomic E-state index is 0.273. The van der Waals surface area contributed by atoms with Gasteiger partial charge in [0.2, 0.25) is 5.60 Å². The Balaban J connectivity index is 1.81. The normalized spacial score (nSPS) is 22.6. The Kier molecular flexibility index (Phi) is 4.77. The van der Waals surface area contributed by atoms with Gasteiger partial charge in [0.05, 0.1) is 6.61 Å². The maximum absolute atomic E-state index is 12.7. The topological polar surface area (TPSA) is 38.8 Å². The van der Waals surface area contributed by atoms with E-state index in [4.69, 9.17) is 9.47 Å². The van der Waals surface area contributed by atoms with Gasteiger partial charge in [-0.15, -0.1) is 0 Å². The molecule has 120 valence electrons. The van der Waals surface area contributed by atoms with Gasteiger partial charge in [-0.2, -0.15) is 0 Å². The lowest BCUT2D eigenvalue weighted by Gasteiger charge is -2.13. The summed E-state index contributed by atoms with van der Waals surface area (Å²) in [4.78, 5) is 12.7. The summed E-state index contributed by atoms with van der Waals surface area (Å²) in [5, 5.41) is 0. The smallest absolute Gasteiger partial charge is 0.346 e. The second kappa shape index (κ2) is 6.97. The number of epoxide rings is 1. The fourth-order valence-corrected chi connectivity index (χ4v) is 2.88.